The van der Waals surface area contributed by atoms with Crippen LogP contribution in [0.5, 0.6) is 11.5 Å². The maximum atomic E-state index is 6.09. The van der Waals surface area contributed by atoms with Gasteiger partial charge in [-0.3, -0.25) is 4.98 Å². The largest absolute Gasteiger partial charge is 0.493 e. The number of hydrogen-bond donors (Lipinski definition) is 0. The van der Waals surface area contributed by atoms with Crippen LogP contribution in [-0.2, 0) is 6.61 Å². The normalized spacial score (nSPS) is 10.5. The van der Waals surface area contributed by atoms with E-state index in [0.717, 1.165) is 16.7 Å². The van der Waals surface area contributed by atoms with Gasteiger partial charge in [-0.1, -0.05) is 41.4 Å². The third-order valence-electron chi connectivity index (χ3n) is 3.51. The Morgan fingerprint density at radius 2 is 1.67 bits per heavy atom. The number of hydrogen-bond acceptors (Lipinski definition) is 3. The van der Waals surface area contributed by atoms with E-state index in [9.17, 15) is 0 Å². The summed E-state index contributed by atoms with van der Waals surface area (Å²) < 4.78 is 11.1. The van der Waals surface area contributed by atoms with Gasteiger partial charge in [0.15, 0.2) is 11.5 Å². The highest BCUT2D eigenvalue weighted by molar-refractivity contribution is 6.42. The van der Waals surface area contributed by atoms with Crippen LogP contribution in [0.25, 0.3) is 11.1 Å². The summed E-state index contributed by atoms with van der Waals surface area (Å²) in [6.45, 7) is 0.391. The van der Waals surface area contributed by atoms with Gasteiger partial charge in [0.05, 0.1) is 17.2 Å². The van der Waals surface area contributed by atoms with Gasteiger partial charge in [0.2, 0.25) is 0 Å². The smallest absolute Gasteiger partial charge is 0.161 e. The molecule has 0 aliphatic carbocycles. The second kappa shape index (κ2) is 7.56. The molecule has 1 aromatic heterocycles. The van der Waals surface area contributed by atoms with Crippen LogP contribution >= 0.6 is 23.2 Å². The van der Waals surface area contributed by atoms with E-state index in [1.165, 1.54) is 0 Å². The van der Waals surface area contributed by atoms with E-state index in [-0.39, 0.29) is 0 Å². The zero-order chi connectivity index (χ0) is 16.9. The minimum atomic E-state index is 0.391. The highest BCUT2D eigenvalue weighted by Gasteiger charge is 2.06. The Bertz CT molecular complexity index is 852. The number of pyridine rings is 1. The average Bonchev–Trinajstić information content (AvgIpc) is 2.62. The number of ether oxygens (including phenoxy) is 2. The summed E-state index contributed by atoms with van der Waals surface area (Å²) in [7, 11) is 1.62. The Hall–Kier alpha value is -2.23. The third-order valence-corrected chi connectivity index (χ3v) is 4.25. The molecular formula is C19H15Cl2NO2. The van der Waals surface area contributed by atoms with E-state index < -0.39 is 0 Å². The number of nitrogens with zero attached hydrogens (tertiary/aromatic N) is 1. The third kappa shape index (κ3) is 3.81. The molecule has 0 saturated carbocycles. The predicted octanol–water partition coefficient (Wildman–Crippen LogP) is 5.64. The van der Waals surface area contributed by atoms with Crippen molar-refractivity contribution in [3.05, 3.63) is 76.5 Å². The maximum Gasteiger partial charge on any atom is 0.161 e. The number of benzene rings is 2. The molecule has 0 spiro atoms. The van der Waals surface area contributed by atoms with Gasteiger partial charge in [0.25, 0.3) is 0 Å². The first-order chi connectivity index (χ1) is 11.7. The Morgan fingerprint density at radius 1 is 0.875 bits per heavy atom. The van der Waals surface area contributed by atoms with E-state index in [1.807, 2.05) is 42.5 Å². The summed E-state index contributed by atoms with van der Waals surface area (Å²) in [5, 5.41) is 1.05. The molecule has 3 aromatic rings. The average molecular weight is 360 g/mol. The van der Waals surface area contributed by atoms with E-state index in [4.69, 9.17) is 32.7 Å². The molecule has 0 N–H and O–H groups in total. The summed E-state index contributed by atoms with van der Waals surface area (Å²) in [5.41, 5.74) is 2.86. The second-order valence-corrected chi connectivity index (χ2v) is 5.96. The molecule has 24 heavy (non-hydrogen) atoms. The van der Waals surface area contributed by atoms with Crippen molar-refractivity contribution in [1.82, 2.24) is 4.98 Å². The number of halogens is 2. The quantitative estimate of drug-likeness (QED) is 0.590. The lowest BCUT2D eigenvalue weighted by Gasteiger charge is -2.11. The molecule has 0 aliphatic heterocycles. The van der Waals surface area contributed by atoms with Crippen molar-refractivity contribution in [2.24, 2.45) is 0 Å². The van der Waals surface area contributed by atoms with Crippen LogP contribution in [-0.4, -0.2) is 12.1 Å². The number of rotatable bonds is 5. The van der Waals surface area contributed by atoms with E-state index >= 15 is 0 Å². The molecular weight excluding hydrogens is 345 g/mol. The standard InChI is InChI=1S/C19H15Cl2NO2/c1-23-18-4-2-3-5-19(18)24-12-13-8-15(11-22-10-13)14-6-7-16(20)17(21)9-14/h2-11H,12H2,1H3. The number of methoxy groups -OCH3 is 1. The maximum absolute atomic E-state index is 6.09. The molecule has 0 atom stereocenters. The summed E-state index contributed by atoms with van der Waals surface area (Å²) in [6, 6.07) is 15.1. The van der Waals surface area contributed by atoms with Crippen molar-refractivity contribution in [3.8, 4) is 22.6 Å². The zero-order valence-corrected chi connectivity index (χ0v) is 14.5. The molecule has 0 aliphatic rings. The van der Waals surface area contributed by atoms with Crippen molar-refractivity contribution in [2.45, 2.75) is 6.61 Å². The van der Waals surface area contributed by atoms with Crippen molar-refractivity contribution in [2.75, 3.05) is 7.11 Å². The van der Waals surface area contributed by atoms with Crippen LogP contribution in [0.1, 0.15) is 5.56 Å². The minimum absolute atomic E-state index is 0.391. The molecule has 3 rings (SSSR count). The molecule has 2 aromatic carbocycles. The molecule has 0 bridgehead atoms. The predicted molar refractivity (Wildman–Crippen MR) is 97.0 cm³/mol. The molecule has 3 nitrogen and oxygen atoms in total. The fourth-order valence-corrected chi connectivity index (χ4v) is 2.60. The highest BCUT2D eigenvalue weighted by Crippen LogP contribution is 2.29. The van der Waals surface area contributed by atoms with Crippen LogP contribution in [0.15, 0.2) is 60.9 Å². The number of aromatic nitrogens is 1. The molecule has 5 heteroatoms. The van der Waals surface area contributed by atoms with Crippen LogP contribution < -0.4 is 9.47 Å². The van der Waals surface area contributed by atoms with Crippen LogP contribution in [0.2, 0.25) is 10.0 Å². The van der Waals surface area contributed by atoms with Gasteiger partial charge in [-0.15, -0.1) is 0 Å². The van der Waals surface area contributed by atoms with Crippen LogP contribution in [0.4, 0.5) is 0 Å². The lowest BCUT2D eigenvalue weighted by atomic mass is 10.1. The first kappa shape index (κ1) is 16.6. The first-order valence-electron chi connectivity index (χ1n) is 7.32. The summed E-state index contributed by atoms with van der Waals surface area (Å²) in [6.07, 6.45) is 3.56. The zero-order valence-electron chi connectivity index (χ0n) is 13.0. The minimum Gasteiger partial charge on any atom is -0.493 e. The SMILES string of the molecule is COc1ccccc1OCc1cncc(-c2ccc(Cl)c(Cl)c2)c1. The molecule has 122 valence electrons. The van der Waals surface area contributed by atoms with Crippen molar-refractivity contribution >= 4 is 23.2 Å². The van der Waals surface area contributed by atoms with E-state index in [2.05, 4.69) is 4.98 Å². The van der Waals surface area contributed by atoms with Crippen LogP contribution in [0.3, 0.4) is 0 Å². The van der Waals surface area contributed by atoms with E-state index in [0.29, 0.717) is 28.2 Å². The fourth-order valence-electron chi connectivity index (χ4n) is 2.30. The van der Waals surface area contributed by atoms with Crippen molar-refractivity contribution in [1.29, 1.82) is 0 Å². The molecule has 1 heterocycles. The topological polar surface area (TPSA) is 31.4 Å². The Balaban J connectivity index is 1.79. The van der Waals surface area contributed by atoms with Gasteiger partial charge in [0, 0.05) is 23.5 Å². The van der Waals surface area contributed by atoms with Crippen molar-refractivity contribution < 1.29 is 9.47 Å². The Kier molecular flexibility index (Phi) is 5.24. The second-order valence-electron chi connectivity index (χ2n) is 5.15. The molecule has 0 radical (unpaired) electrons. The van der Waals surface area contributed by atoms with E-state index in [1.54, 1.807) is 25.6 Å². The van der Waals surface area contributed by atoms with Gasteiger partial charge in [-0.05, 0) is 35.9 Å². The van der Waals surface area contributed by atoms with Crippen molar-refractivity contribution in [3.63, 3.8) is 0 Å². The monoisotopic (exact) mass is 359 g/mol. The summed E-state index contributed by atoms with van der Waals surface area (Å²) in [5.74, 6) is 1.39. The Labute approximate surface area is 150 Å². The number of para-hydroxylation sites is 2. The summed E-state index contributed by atoms with van der Waals surface area (Å²) in [4.78, 5) is 4.28. The lowest BCUT2D eigenvalue weighted by Crippen LogP contribution is -1.98. The van der Waals surface area contributed by atoms with Gasteiger partial charge < -0.3 is 9.47 Å². The molecule has 0 amide bonds. The summed E-state index contributed by atoms with van der Waals surface area (Å²) >= 11 is 12.1. The van der Waals surface area contributed by atoms with Gasteiger partial charge >= 0.3 is 0 Å². The molecule has 0 saturated heterocycles. The molecule has 0 unspecified atom stereocenters. The van der Waals surface area contributed by atoms with Gasteiger partial charge in [-0.25, -0.2) is 0 Å². The highest BCUT2D eigenvalue weighted by atomic mass is 35.5. The molecule has 0 fully saturated rings. The van der Waals surface area contributed by atoms with Gasteiger partial charge in [-0.2, -0.15) is 0 Å². The lowest BCUT2D eigenvalue weighted by molar-refractivity contribution is 0.284. The van der Waals surface area contributed by atoms with Gasteiger partial charge in [0.1, 0.15) is 6.61 Å². The van der Waals surface area contributed by atoms with Crippen LogP contribution in [0, 0.1) is 0 Å². The Morgan fingerprint density at radius 3 is 2.42 bits per heavy atom. The fraction of sp³-hybridized carbons (Fsp3) is 0.105. The first-order valence-corrected chi connectivity index (χ1v) is 8.08.